The fourth-order valence-corrected chi connectivity index (χ4v) is 5.23. The fraction of sp³-hybridized carbons (Fsp3) is 0.312. The topological polar surface area (TPSA) is 89.4 Å². The molecule has 0 spiro atoms. The van der Waals surface area contributed by atoms with Gasteiger partial charge in [0.25, 0.3) is 5.91 Å². The largest absolute Gasteiger partial charge is 0.355 e. The van der Waals surface area contributed by atoms with Crippen molar-refractivity contribution in [2.45, 2.75) is 52.5 Å². The van der Waals surface area contributed by atoms with Gasteiger partial charge >= 0.3 is 0 Å². The SMILES string of the molecule is CC(C)(C)CN1C(=O)C(CC(=O)NCc2ccccc2F)OC(c2cccc(Cn3cnnc3)c2)c2cc(Cl)ccc21. The molecule has 218 valence electrons. The standard InChI is InChI=1S/C32H33ClFN5O3/c1-32(2,3)18-39-27-12-11-24(33)14-25(27)30(22-9-6-7-21(13-22)17-38-19-36-37-20-38)42-28(31(39)41)15-29(40)35-16-23-8-4-5-10-26(23)34/h4-14,19-20,28,30H,15-18H2,1-3H3,(H,35,40). The summed E-state index contributed by atoms with van der Waals surface area (Å²) in [5.74, 6) is -1.15. The second-order valence-corrected chi connectivity index (χ2v) is 12.1. The maximum absolute atomic E-state index is 14.1. The molecular weight excluding hydrogens is 557 g/mol. The summed E-state index contributed by atoms with van der Waals surface area (Å²) in [6, 6.07) is 19.5. The van der Waals surface area contributed by atoms with Crippen molar-refractivity contribution in [1.29, 1.82) is 0 Å². The Morgan fingerprint density at radius 3 is 2.55 bits per heavy atom. The maximum Gasteiger partial charge on any atom is 0.256 e. The summed E-state index contributed by atoms with van der Waals surface area (Å²) in [7, 11) is 0. The summed E-state index contributed by atoms with van der Waals surface area (Å²) in [6.45, 7) is 7.09. The highest BCUT2D eigenvalue weighted by Gasteiger charge is 2.39. The number of carbonyl (C=O) groups excluding carboxylic acids is 2. The molecule has 0 saturated heterocycles. The van der Waals surface area contributed by atoms with Crippen LogP contribution in [0.1, 0.15) is 55.5 Å². The van der Waals surface area contributed by atoms with E-state index in [1.807, 2.05) is 61.7 Å². The van der Waals surface area contributed by atoms with Crippen LogP contribution in [0.3, 0.4) is 0 Å². The van der Waals surface area contributed by atoms with Crippen LogP contribution in [0, 0.1) is 11.2 Å². The summed E-state index contributed by atoms with van der Waals surface area (Å²) in [4.78, 5) is 28.9. The molecule has 1 aliphatic rings. The number of benzene rings is 3. The Labute approximate surface area is 249 Å². The van der Waals surface area contributed by atoms with E-state index in [0.29, 0.717) is 29.4 Å². The number of halogens is 2. The Bertz CT molecular complexity index is 1570. The highest BCUT2D eigenvalue weighted by atomic mass is 35.5. The smallest absolute Gasteiger partial charge is 0.256 e. The molecule has 2 heterocycles. The minimum atomic E-state index is -1.09. The molecule has 0 bridgehead atoms. The van der Waals surface area contributed by atoms with Gasteiger partial charge in [0, 0.05) is 34.9 Å². The van der Waals surface area contributed by atoms with Gasteiger partial charge in [0.1, 0.15) is 30.7 Å². The summed E-state index contributed by atoms with van der Waals surface area (Å²) in [6.07, 6.45) is 1.28. The number of amides is 2. The Hall–Kier alpha value is -4.08. The molecule has 5 rings (SSSR count). The minimum absolute atomic E-state index is 0.00252. The molecule has 0 saturated carbocycles. The molecular formula is C32H33ClFN5O3. The lowest BCUT2D eigenvalue weighted by atomic mass is 9.94. The first-order valence-electron chi connectivity index (χ1n) is 13.7. The van der Waals surface area contributed by atoms with Gasteiger partial charge in [0.2, 0.25) is 5.91 Å². The Morgan fingerprint density at radius 1 is 1.05 bits per heavy atom. The van der Waals surface area contributed by atoms with E-state index in [1.165, 1.54) is 6.07 Å². The fourth-order valence-electron chi connectivity index (χ4n) is 5.05. The van der Waals surface area contributed by atoms with E-state index < -0.39 is 23.9 Å². The molecule has 8 nitrogen and oxygen atoms in total. The predicted molar refractivity (Wildman–Crippen MR) is 158 cm³/mol. The molecule has 0 radical (unpaired) electrons. The van der Waals surface area contributed by atoms with Crippen LogP contribution >= 0.6 is 11.6 Å². The van der Waals surface area contributed by atoms with Crippen molar-refractivity contribution >= 4 is 29.1 Å². The number of nitrogens with one attached hydrogen (secondary N) is 1. The first-order chi connectivity index (χ1) is 20.1. The molecule has 0 fully saturated rings. The number of fused-ring (bicyclic) bond motifs is 1. The Morgan fingerprint density at radius 2 is 1.81 bits per heavy atom. The summed E-state index contributed by atoms with van der Waals surface area (Å²) < 4.78 is 22.6. The zero-order chi connectivity index (χ0) is 29.9. The number of hydrogen-bond acceptors (Lipinski definition) is 5. The lowest BCUT2D eigenvalue weighted by Crippen LogP contribution is -2.45. The molecule has 1 N–H and O–H groups in total. The molecule has 0 aliphatic carbocycles. The van der Waals surface area contributed by atoms with Crippen LogP contribution in [0.4, 0.5) is 10.1 Å². The van der Waals surface area contributed by atoms with E-state index in [1.54, 1.807) is 41.8 Å². The number of anilines is 1. The van der Waals surface area contributed by atoms with Gasteiger partial charge in [-0.2, -0.15) is 0 Å². The van der Waals surface area contributed by atoms with Gasteiger partial charge in [-0.1, -0.05) is 74.8 Å². The molecule has 1 aliphatic heterocycles. The molecule has 2 amide bonds. The average molecular weight is 590 g/mol. The third-order valence-electron chi connectivity index (χ3n) is 6.93. The highest BCUT2D eigenvalue weighted by molar-refractivity contribution is 6.30. The van der Waals surface area contributed by atoms with Crippen molar-refractivity contribution < 1.29 is 18.7 Å². The van der Waals surface area contributed by atoms with Crippen molar-refractivity contribution in [3.63, 3.8) is 0 Å². The van der Waals surface area contributed by atoms with Crippen LogP contribution in [0.2, 0.25) is 5.02 Å². The maximum atomic E-state index is 14.1. The van der Waals surface area contributed by atoms with E-state index in [-0.39, 0.29) is 24.3 Å². The Kier molecular flexibility index (Phi) is 8.70. The van der Waals surface area contributed by atoms with Gasteiger partial charge in [-0.25, -0.2) is 4.39 Å². The molecule has 42 heavy (non-hydrogen) atoms. The van der Waals surface area contributed by atoms with Crippen LogP contribution in [0.25, 0.3) is 0 Å². The van der Waals surface area contributed by atoms with Crippen molar-refractivity contribution in [3.8, 4) is 0 Å². The van der Waals surface area contributed by atoms with Gasteiger partial charge in [0.05, 0.1) is 13.0 Å². The van der Waals surface area contributed by atoms with Gasteiger partial charge in [-0.15, -0.1) is 10.2 Å². The van der Waals surface area contributed by atoms with Crippen LogP contribution in [-0.4, -0.2) is 39.2 Å². The first kappa shape index (κ1) is 29.4. The highest BCUT2D eigenvalue weighted by Crippen LogP contribution is 2.41. The zero-order valence-corrected chi connectivity index (χ0v) is 24.5. The average Bonchev–Trinajstić information content (AvgIpc) is 3.43. The molecule has 1 aromatic heterocycles. The number of ether oxygens (including phenoxy) is 1. The van der Waals surface area contributed by atoms with E-state index in [9.17, 15) is 14.0 Å². The quantitative estimate of drug-likeness (QED) is 0.285. The second-order valence-electron chi connectivity index (χ2n) is 11.6. The van der Waals surface area contributed by atoms with Gasteiger partial charge in [-0.3, -0.25) is 9.59 Å². The van der Waals surface area contributed by atoms with Crippen molar-refractivity contribution in [2.24, 2.45) is 5.41 Å². The molecule has 2 atom stereocenters. The van der Waals surface area contributed by atoms with Crippen molar-refractivity contribution in [3.05, 3.63) is 112 Å². The molecule has 10 heteroatoms. The Balaban J connectivity index is 1.50. The monoisotopic (exact) mass is 589 g/mol. The molecule has 3 aromatic carbocycles. The van der Waals surface area contributed by atoms with Crippen molar-refractivity contribution in [2.75, 3.05) is 11.4 Å². The second kappa shape index (κ2) is 12.4. The number of aromatic nitrogens is 3. The van der Waals surface area contributed by atoms with Gasteiger partial charge in [0.15, 0.2) is 0 Å². The minimum Gasteiger partial charge on any atom is -0.355 e. The molecule has 4 aromatic rings. The third-order valence-corrected chi connectivity index (χ3v) is 7.16. The lowest BCUT2D eigenvalue weighted by molar-refractivity contribution is -0.138. The third kappa shape index (κ3) is 7.03. The molecule has 2 unspecified atom stereocenters. The van der Waals surface area contributed by atoms with Gasteiger partial charge in [-0.05, 0) is 40.8 Å². The first-order valence-corrected chi connectivity index (χ1v) is 14.1. The lowest BCUT2D eigenvalue weighted by Gasteiger charge is -2.31. The van der Waals surface area contributed by atoms with E-state index in [4.69, 9.17) is 16.3 Å². The number of rotatable bonds is 8. The van der Waals surface area contributed by atoms with Crippen LogP contribution in [-0.2, 0) is 27.4 Å². The van der Waals surface area contributed by atoms with E-state index in [2.05, 4.69) is 15.5 Å². The van der Waals surface area contributed by atoms with Crippen LogP contribution in [0.5, 0.6) is 0 Å². The predicted octanol–water partition coefficient (Wildman–Crippen LogP) is 5.69. The summed E-state index contributed by atoms with van der Waals surface area (Å²) >= 11 is 6.49. The van der Waals surface area contributed by atoms with Crippen LogP contribution in [0.15, 0.2) is 79.4 Å². The van der Waals surface area contributed by atoms with Crippen molar-refractivity contribution in [1.82, 2.24) is 20.1 Å². The van der Waals surface area contributed by atoms with E-state index >= 15 is 0 Å². The van der Waals surface area contributed by atoms with E-state index in [0.717, 1.165) is 16.7 Å². The van der Waals surface area contributed by atoms with Gasteiger partial charge < -0.3 is 19.5 Å². The normalized spacial score (nSPS) is 17.1. The summed E-state index contributed by atoms with van der Waals surface area (Å²) in [5.41, 5.74) is 3.33. The van der Waals surface area contributed by atoms with Crippen LogP contribution < -0.4 is 10.2 Å². The number of nitrogens with zero attached hydrogens (tertiary/aromatic N) is 4. The number of hydrogen-bond donors (Lipinski definition) is 1. The number of carbonyl (C=O) groups is 2. The summed E-state index contributed by atoms with van der Waals surface area (Å²) in [5, 5.41) is 11.0. The zero-order valence-electron chi connectivity index (χ0n) is 23.8.